The molecule has 0 radical (unpaired) electrons. The summed E-state index contributed by atoms with van der Waals surface area (Å²) in [7, 11) is 0. The van der Waals surface area contributed by atoms with Gasteiger partial charge in [0.1, 0.15) is 0 Å². The van der Waals surface area contributed by atoms with Crippen molar-refractivity contribution < 1.29 is 4.39 Å². The molecule has 0 spiro atoms. The van der Waals surface area contributed by atoms with Crippen molar-refractivity contribution in [2.24, 2.45) is 0 Å². The third-order valence-electron chi connectivity index (χ3n) is 2.59. The van der Waals surface area contributed by atoms with Gasteiger partial charge in [-0.3, -0.25) is 4.90 Å². The smallest absolute Gasteiger partial charge is 0.260 e. The Kier molecular flexibility index (Phi) is 5.11. The van der Waals surface area contributed by atoms with Gasteiger partial charge in [0.15, 0.2) is 0 Å². The highest BCUT2D eigenvalue weighted by molar-refractivity contribution is 7.80. The second kappa shape index (κ2) is 7.04. The Balaban J connectivity index is 2.11. The number of rotatable bonds is 2. The molecule has 2 aromatic carbocycles. The maximum absolute atomic E-state index is 13.4. The molecule has 0 aliphatic rings. The van der Waals surface area contributed by atoms with Crippen molar-refractivity contribution in [3.63, 3.8) is 0 Å². The van der Waals surface area contributed by atoms with Crippen molar-refractivity contribution in [1.82, 2.24) is 0 Å². The van der Waals surface area contributed by atoms with Crippen LogP contribution in [0, 0.1) is 11.8 Å². The molecule has 0 amide bonds. The predicted molar refractivity (Wildman–Crippen MR) is 85.8 cm³/mol. The zero-order valence-electron chi connectivity index (χ0n) is 10.5. The van der Waals surface area contributed by atoms with Crippen LogP contribution in [0.15, 0.2) is 54.6 Å². The van der Waals surface area contributed by atoms with E-state index in [9.17, 15) is 4.39 Å². The SMILES string of the molecule is FC(=S)N(CC#Cc1ccc(Cl)cc1)c1ccccc1. The second-order valence-corrected chi connectivity index (χ2v) is 4.76. The minimum atomic E-state index is -0.693. The Bertz CT molecular complexity index is 644. The van der Waals surface area contributed by atoms with Crippen LogP contribution in [0.1, 0.15) is 5.56 Å². The Labute approximate surface area is 128 Å². The number of nitrogens with zero attached hydrogens (tertiary/aromatic N) is 1. The van der Waals surface area contributed by atoms with Crippen LogP contribution in [-0.2, 0) is 0 Å². The molecule has 0 fully saturated rings. The van der Waals surface area contributed by atoms with Crippen molar-refractivity contribution >= 4 is 34.7 Å². The first-order valence-electron chi connectivity index (χ1n) is 5.93. The number of hydrogen-bond donors (Lipinski definition) is 0. The van der Waals surface area contributed by atoms with E-state index in [1.165, 1.54) is 4.90 Å². The second-order valence-electron chi connectivity index (χ2n) is 3.98. The standard InChI is InChI=1S/C16H11ClFNS/c17-14-10-8-13(9-11-14)5-4-12-19(16(18)20)15-6-2-1-3-7-15/h1-3,6-11H,12H2. The molecule has 4 heteroatoms. The van der Waals surface area contributed by atoms with Crippen LogP contribution in [0.3, 0.4) is 0 Å². The maximum Gasteiger partial charge on any atom is 0.260 e. The number of para-hydroxylation sites is 1. The van der Waals surface area contributed by atoms with Crippen LogP contribution in [-0.4, -0.2) is 11.8 Å². The van der Waals surface area contributed by atoms with E-state index in [0.717, 1.165) is 5.56 Å². The normalized spacial score (nSPS) is 9.50. The molecule has 0 aromatic heterocycles. The minimum Gasteiger partial charge on any atom is -0.297 e. The summed E-state index contributed by atoms with van der Waals surface area (Å²) in [5.41, 5.74) is 1.51. The summed E-state index contributed by atoms with van der Waals surface area (Å²) in [6.07, 6.45) is 0. The van der Waals surface area contributed by atoms with Gasteiger partial charge in [-0.1, -0.05) is 41.6 Å². The number of thiocarbonyl (C=S) groups is 1. The van der Waals surface area contributed by atoms with E-state index in [2.05, 4.69) is 24.1 Å². The first-order chi connectivity index (χ1) is 9.66. The predicted octanol–water partition coefficient (Wildman–Crippen LogP) is 4.45. The molecule has 0 saturated heterocycles. The lowest BCUT2D eigenvalue weighted by Crippen LogP contribution is -2.26. The fraction of sp³-hybridized carbons (Fsp3) is 0.0625. The van der Waals surface area contributed by atoms with E-state index in [4.69, 9.17) is 11.6 Å². The summed E-state index contributed by atoms with van der Waals surface area (Å²) in [6.45, 7) is 0.196. The monoisotopic (exact) mass is 303 g/mol. The fourth-order valence-electron chi connectivity index (χ4n) is 1.62. The molecular formula is C16H11ClFNS. The van der Waals surface area contributed by atoms with Gasteiger partial charge in [0.2, 0.25) is 0 Å². The summed E-state index contributed by atoms with van der Waals surface area (Å²) >= 11 is 10.4. The Morgan fingerprint density at radius 1 is 1.10 bits per heavy atom. The largest absolute Gasteiger partial charge is 0.297 e. The molecule has 0 saturated carbocycles. The van der Waals surface area contributed by atoms with Crippen LogP contribution >= 0.6 is 23.8 Å². The number of halogens is 2. The molecule has 2 rings (SSSR count). The van der Waals surface area contributed by atoms with E-state index >= 15 is 0 Å². The molecule has 0 unspecified atom stereocenters. The van der Waals surface area contributed by atoms with Gasteiger partial charge in [-0.2, -0.15) is 4.39 Å². The highest BCUT2D eigenvalue weighted by Crippen LogP contribution is 2.14. The van der Waals surface area contributed by atoms with E-state index < -0.39 is 5.24 Å². The van der Waals surface area contributed by atoms with E-state index in [-0.39, 0.29) is 6.54 Å². The molecular weight excluding hydrogens is 293 g/mol. The summed E-state index contributed by atoms with van der Waals surface area (Å²) in [4.78, 5) is 1.35. The van der Waals surface area contributed by atoms with Crippen molar-refractivity contribution in [3.8, 4) is 11.8 Å². The lowest BCUT2D eigenvalue weighted by atomic mass is 10.2. The van der Waals surface area contributed by atoms with E-state index in [0.29, 0.717) is 10.7 Å². The zero-order valence-corrected chi connectivity index (χ0v) is 12.1. The summed E-state index contributed by atoms with van der Waals surface area (Å²) in [6, 6.07) is 16.3. The van der Waals surface area contributed by atoms with Crippen LogP contribution in [0.2, 0.25) is 5.02 Å². The topological polar surface area (TPSA) is 3.24 Å². The molecule has 0 N–H and O–H groups in total. The number of hydrogen-bond acceptors (Lipinski definition) is 1. The summed E-state index contributed by atoms with van der Waals surface area (Å²) in [5, 5.41) is -0.0343. The Morgan fingerprint density at radius 3 is 2.35 bits per heavy atom. The van der Waals surface area contributed by atoms with Gasteiger partial charge in [0.05, 0.1) is 6.54 Å². The lowest BCUT2D eigenvalue weighted by Gasteiger charge is -2.17. The van der Waals surface area contributed by atoms with Crippen LogP contribution in [0.25, 0.3) is 0 Å². The minimum absolute atomic E-state index is 0.196. The molecule has 2 aromatic rings. The first kappa shape index (κ1) is 14.5. The fourth-order valence-corrected chi connectivity index (χ4v) is 1.91. The van der Waals surface area contributed by atoms with Gasteiger partial charge in [0, 0.05) is 16.3 Å². The van der Waals surface area contributed by atoms with Gasteiger partial charge in [-0.15, -0.1) is 0 Å². The maximum atomic E-state index is 13.4. The number of benzene rings is 2. The molecule has 1 nitrogen and oxygen atoms in total. The van der Waals surface area contributed by atoms with Crippen molar-refractivity contribution in [2.75, 3.05) is 11.4 Å². The van der Waals surface area contributed by atoms with Crippen molar-refractivity contribution in [2.45, 2.75) is 0 Å². The molecule has 0 heterocycles. The van der Waals surface area contributed by atoms with Gasteiger partial charge >= 0.3 is 0 Å². The summed E-state index contributed by atoms with van der Waals surface area (Å²) < 4.78 is 13.4. The van der Waals surface area contributed by atoms with Crippen molar-refractivity contribution in [3.05, 3.63) is 65.2 Å². The van der Waals surface area contributed by atoms with Gasteiger partial charge < -0.3 is 0 Å². The molecule has 0 aliphatic heterocycles. The zero-order chi connectivity index (χ0) is 14.4. The third-order valence-corrected chi connectivity index (χ3v) is 3.07. The molecule has 20 heavy (non-hydrogen) atoms. The molecule has 100 valence electrons. The van der Waals surface area contributed by atoms with E-state index in [1.807, 2.05) is 30.3 Å². The number of anilines is 1. The molecule has 0 aliphatic carbocycles. The first-order valence-corrected chi connectivity index (χ1v) is 6.72. The third kappa shape index (κ3) is 4.06. The molecule has 0 bridgehead atoms. The van der Waals surface area contributed by atoms with Crippen LogP contribution < -0.4 is 4.90 Å². The highest BCUT2D eigenvalue weighted by Gasteiger charge is 2.08. The van der Waals surface area contributed by atoms with Crippen LogP contribution in [0.5, 0.6) is 0 Å². The average Bonchev–Trinajstić information content (AvgIpc) is 2.46. The van der Waals surface area contributed by atoms with Gasteiger partial charge in [0.25, 0.3) is 5.24 Å². The van der Waals surface area contributed by atoms with Crippen molar-refractivity contribution in [1.29, 1.82) is 0 Å². The summed E-state index contributed by atoms with van der Waals surface area (Å²) in [5.74, 6) is 5.86. The van der Waals surface area contributed by atoms with Gasteiger partial charge in [-0.25, -0.2) is 0 Å². The molecule has 0 atom stereocenters. The van der Waals surface area contributed by atoms with Gasteiger partial charge in [-0.05, 0) is 48.6 Å². The van der Waals surface area contributed by atoms with E-state index in [1.54, 1.807) is 24.3 Å². The highest BCUT2D eigenvalue weighted by atomic mass is 35.5. The quantitative estimate of drug-likeness (QED) is 0.349. The Hall–Kier alpha value is -1.89. The average molecular weight is 304 g/mol. The Morgan fingerprint density at radius 2 is 1.75 bits per heavy atom. The lowest BCUT2D eigenvalue weighted by molar-refractivity contribution is 0.793. The van der Waals surface area contributed by atoms with Crippen LogP contribution in [0.4, 0.5) is 10.1 Å².